The average Bonchev–Trinajstić information content (AvgIpc) is 2.83. The summed E-state index contributed by atoms with van der Waals surface area (Å²) in [4.78, 5) is 12.0. The molecule has 0 fully saturated rings. The van der Waals surface area contributed by atoms with Gasteiger partial charge in [-0.05, 0) is 6.42 Å². The molecule has 188 valence electrons. The number of aliphatic hydroxyl groups excluding tert-OH is 2. The van der Waals surface area contributed by atoms with E-state index in [1.54, 1.807) is 0 Å². The van der Waals surface area contributed by atoms with E-state index in [4.69, 9.17) is 21.8 Å². The lowest BCUT2D eigenvalue weighted by Gasteiger charge is -2.11. The first-order valence-electron chi connectivity index (χ1n) is 12.0. The second-order valence-corrected chi connectivity index (χ2v) is 9.71. The Morgan fingerprint density at radius 1 is 0.812 bits per heavy atom. The van der Waals surface area contributed by atoms with Crippen LogP contribution < -0.4 is 4.98 Å². The highest BCUT2D eigenvalue weighted by Gasteiger charge is 2.38. The fourth-order valence-electron chi connectivity index (χ4n) is 2.80. The van der Waals surface area contributed by atoms with E-state index in [1.807, 2.05) is 30.6 Å². The van der Waals surface area contributed by atoms with Crippen molar-refractivity contribution in [1.82, 2.24) is 0 Å². The van der Waals surface area contributed by atoms with Crippen LogP contribution in [0.5, 0.6) is 0 Å². The minimum Gasteiger partial charge on any atom is -0.388 e. The molecule has 0 aliphatic heterocycles. The Balaban J connectivity index is 0. The number of H-pyrrole nitrogens is 1. The van der Waals surface area contributed by atoms with Gasteiger partial charge in [0.2, 0.25) is 0 Å². The number of aliphatic hydroxyl groups is 2. The van der Waals surface area contributed by atoms with Crippen molar-refractivity contribution in [1.29, 1.82) is 0 Å². The number of alkyl halides is 2. The molecule has 0 unspecified atom stereocenters. The Kier molecular flexibility index (Phi) is 27.7. The minimum atomic E-state index is -1.77. The second-order valence-electron chi connectivity index (χ2n) is 7.85. The summed E-state index contributed by atoms with van der Waals surface area (Å²) in [6, 6.07) is 5.86. The zero-order valence-electron chi connectivity index (χ0n) is 19.8. The average molecular weight is 541 g/mol. The van der Waals surface area contributed by atoms with Crippen LogP contribution in [-0.2, 0) is 0 Å². The summed E-state index contributed by atoms with van der Waals surface area (Å²) in [5, 5.41) is 26.5. The third kappa shape index (κ3) is 23.9. The third-order valence-electron chi connectivity index (χ3n) is 4.91. The first-order chi connectivity index (χ1) is 15.5. The molecular formula is C24H45BrClN2O4+. The number of hydrogen-bond acceptors (Lipinski definition) is 4. The standard InChI is InChI=1S/C16H33Cl.C5H5N.C3H6BrNO4/c1-2-3-4-5-6-7-8-9-10-11-12-13-14-15-16-17;1-2-4-6-5-3-1;4-3(1-6,2-7)5(8)9/h2-16H2,1H3;1-5H;6-7H,1-2H2/p+1. The maximum Gasteiger partial charge on any atom is 0.319 e. The predicted octanol–water partition coefficient (Wildman–Crippen LogP) is 6.55. The number of halogens is 2. The van der Waals surface area contributed by atoms with E-state index in [2.05, 4.69) is 27.8 Å². The van der Waals surface area contributed by atoms with Gasteiger partial charge in [0.1, 0.15) is 13.2 Å². The van der Waals surface area contributed by atoms with Crippen molar-refractivity contribution in [3.63, 3.8) is 0 Å². The summed E-state index contributed by atoms with van der Waals surface area (Å²) < 4.78 is -1.77. The van der Waals surface area contributed by atoms with Gasteiger partial charge in [-0.1, -0.05) is 96.5 Å². The summed E-state index contributed by atoms with van der Waals surface area (Å²) in [5.41, 5.74) is 0. The number of nitrogens with one attached hydrogen (secondary N) is 1. The van der Waals surface area contributed by atoms with Gasteiger partial charge in [-0.15, -0.1) is 11.6 Å². The molecule has 0 saturated heterocycles. The van der Waals surface area contributed by atoms with Crippen molar-refractivity contribution in [3.05, 3.63) is 40.7 Å². The molecule has 32 heavy (non-hydrogen) atoms. The van der Waals surface area contributed by atoms with Crippen molar-refractivity contribution in [2.24, 2.45) is 0 Å². The largest absolute Gasteiger partial charge is 0.388 e. The number of aromatic amines is 1. The van der Waals surface area contributed by atoms with E-state index in [-0.39, 0.29) is 0 Å². The lowest BCUT2D eigenvalue weighted by Crippen LogP contribution is -2.39. The van der Waals surface area contributed by atoms with E-state index in [0.29, 0.717) is 0 Å². The number of pyridine rings is 1. The van der Waals surface area contributed by atoms with Crippen LogP contribution >= 0.6 is 27.5 Å². The summed E-state index contributed by atoms with van der Waals surface area (Å²) in [5.74, 6) is 0.845. The maximum atomic E-state index is 9.92. The first kappa shape index (κ1) is 33.4. The molecule has 0 radical (unpaired) electrons. The smallest absolute Gasteiger partial charge is 0.319 e. The molecule has 3 N–H and O–H groups in total. The van der Waals surface area contributed by atoms with Crippen molar-refractivity contribution in [3.8, 4) is 0 Å². The van der Waals surface area contributed by atoms with E-state index in [9.17, 15) is 10.1 Å². The Bertz CT molecular complexity index is 453. The van der Waals surface area contributed by atoms with Crippen molar-refractivity contribution < 1.29 is 20.1 Å². The molecule has 0 aliphatic rings. The van der Waals surface area contributed by atoms with Crippen LogP contribution in [-0.4, -0.2) is 38.7 Å². The van der Waals surface area contributed by atoms with Crippen LogP contribution in [0.25, 0.3) is 0 Å². The second kappa shape index (κ2) is 26.5. The van der Waals surface area contributed by atoms with Crippen LogP contribution in [0.15, 0.2) is 30.6 Å². The van der Waals surface area contributed by atoms with E-state index in [0.717, 1.165) is 5.88 Å². The molecule has 0 atom stereocenters. The lowest BCUT2D eigenvalue weighted by molar-refractivity contribution is -0.542. The number of hydrogen-bond donors (Lipinski definition) is 2. The van der Waals surface area contributed by atoms with Gasteiger partial charge in [0.25, 0.3) is 0 Å². The van der Waals surface area contributed by atoms with Gasteiger partial charge in [-0.2, -0.15) is 0 Å². The van der Waals surface area contributed by atoms with Gasteiger partial charge < -0.3 is 10.2 Å². The molecule has 0 aliphatic carbocycles. The van der Waals surface area contributed by atoms with Gasteiger partial charge in [0.15, 0.2) is 12.4 Å². The molecular weight excluding hydrogens is 496 g/mol. The monoisotopic (exact) mass is 539 g/mol. The SMILES string of the molecule is CCCCCCCCCCCCCCCCCl.O=[N+]([O-])C(Br)(CO)CO.c1cc[nH+]cc1. The molecule has 1 heterocycles. The quantitative estimate of drug-likeness (QED) is 0.0770. The normalized spacial score (nSPS) is 10.5. The summed E-state index contributed by atoms with van der Waals surface area (Å²) in [6.07, 6.45) is 23.6. The van der Waals surface area contributed by atoms with Gasteiger partial charge in [0.05, 0.1) is 0 Å². The number of rotatable bonds is 17. The Morgan fingerprint density at radius 2 is 1.19 bits per heavy atom. The third-order valence-corrected chi connectivity index (χ3v) is 5.96. The van der Waals surface area contributed by atoms with Crippen LogP contribution in [0.1, 0.15) is 96.8 Å². The Morgan fingerprint density at radius 3 is 1.38 bits per heavy atom. The summed E-state index contributed by atoms with van der Waals surface area (Å²) in [6.45, 7) is 0.833. The highest BCUT2D eigenvalue weighted by Crippen LogP contribution is 2.16. The Labute approximate surface area is 208 Å². The zero-order chi connectivity index (χ0) is 24.3. The zero-order valence-corrected chi connectivity index (χ0v) is 22.2. The molecule has 8 heteroatoms. The predicted molar refractivity (Wildman–Crippen MR) is 137 cm³/mol. The number of aromatic nitrogens is 1. The van der Waals surface area contributed by atoms with E-state index >= 15 is 0 Å². The van der Waals surface area contributed by atoms with Gasteiger partial charge in [-0.3, -0.25) is 10.1 Å². The molecule has 0 bridgehead atoms. The fourth-order valence-corrected chi connectivity index (χ4v) is 2.99. The molecule has 6 nitrogen and oxygen atoms in total. The van der Waals surface area contributed by atoms with Gasteiger partial charge in [-0.25, -0.2) is 4.98 Å². The van der Waals surface area contributed by atoms with Crippen LogP contribution in [0.2, 0.25) is 0 Å². The topological polar surface area (TPSA) is 97.7 Å². The van der Waals surface area contributed by atoms with E-state index in [1.165, 1.54) is 89.9 Å². The molecule has 0 saturated carbocycles. The van der Waals surface area contributed by atoms with Crippen LogP contribution in [0.4, 0.5) is 0 Å². The van der Waals surface area contributed by atoms with Crippen molar-refractivity contribution >= 4 is 27.5 Å². The highest BCUT2D eigenvalue weighted by atomic mass is 79.9. The van der Waals surface area contributed by atoms with Crippen LogP contribution in [0, 0.1) is 10.1 Å². The molecule has 1 aromatic heterocycles. The van der Waals surface area contributed by atoms with Crippen molar-refractivity contribution in [2.45, 2.75) is 101 Å². The number of nitro groups is 1. The molecule has 0 spiro atoms. The maximum absolute atomic E-state index is 9.92. The molecule has 0 amide bonds. The summed E-state index contributed by atoms with van der Waals surface area (Å²) >= 11 is 8.19. The summed E-state index contributed by atoms with van der Waals surface area (Å²) in [7, 11) is 0. The number of nitrogens with zero attached hydrogens (tertiary/aromatic N) is 1. The highest BCUT2D eigenvalue weighted by molar-refractivity contribution is 9.10. The number of unbranched alkanes of at least 4 members (excludes halogenated alkanes) is 13. The molecule has 1 aromatic rings. The van der Waals surface area contributed by atoms with Crippen LogP contribution in [0.3, 0.4) is 0 Å². The van der Waals surface area contributed by atoms with Crippen molar-refractivity contribution in [2.75, 3.05) is 19.1 Å². The Hall–Kier alpha value is -0.760. The molecule has 1 rings (SSSR count). The first-order valence-corrected chi connectivity index (χ1v) is 13.3. The fraction of sp³-hybridized carbons (Fsp3) is 0.792. The van der Waals surface area contributed by atoms with Gasteiger partial charge >= 0.3 is 4.45 Å². The van der Waals surface area contributed by atoms with E-state index < -0.39 is 22.6 Å². The molecule has 0 aromatic carbocycles. The van der Waals surface area contributed by atoms with Gasteiger partial charge in [0, 0.05) is 38.9 Å². The minimum absolute atomic E-state index is 0.726. The lowest BCUT2D eigenvalue weighted by atomic mass is 10.0.